The standard InChI is InChI=1S/C53H37N3/c1-53(2)45-23-11-8-21-43(45)51-44(22-14-24-46(51)53)48-33-47(54-52(55-48)35-15-4-3-5-16-35)40-32-31-37(38-17-6-7-18-39(38)40)34-27-29-36(30-28-34)56-49-25-12-9-19-41(49)42-20-10-13-26-50(42)56/h3-33H,1-2H3. The Morgan fingerprint density at radius 3 is 1.64 bits per heavy atom. The molecular formula is C53H37N3. The van der Waals surface area contributed by atoms with Crippen molar-refractivity contribution in [1.29, 1.82) is 0 Å². The van der Waals surface area contributed by atoms with E-state index in [1.54, 1.807) is 0 Å². The fraction of sp³-hybridized carbons (Fsp3) is 0.0566. The van der Waals surface area contributed by atoms with Crippen LogP contribution in [0.25, 0.3) is 94.4 Å². The van der Waals surface area contributed by atoms with Crippen LogP contribution in [0.15, 0.2) is 188 Å². The Kier molecular flexibility index (Phi) is 7.20. The molecule has 3 nitrogen and oxygen atoms in total. The van der Waals surface area contributed by atoms with Gasteiger partial charge in [-0.05, 0) is 74.5 Å². The predicted molar refractivity (Wildman–Crippen MR) is 233 cm³/mol. The Hall–Kier alpha value is -7.10. The summed E-state index contributed by atoms with van der Waals surface area (Å²) in [6.07, 6.45) is 0. The first kappa shape index (κ1) is 32.3. The number of nitrogens with zero attached hydrogens (tertiary/aromatic N) is 3. The number of fused-ring (bicyclic) bond motifs is 7. The highest BCUT2D eigenvalue weighted by molar-refractivity contribution is 6.09. The van der Waals surface area contributed by atoms with Gasteiger partial charge in [-0.2, -0.15) is 0 Å². The second-order valence-corrected chi connectivity index (χ2v) is 15.3. The Balaban J connectivity index is 1.06. The second kappa shape index (κ2) is 12.5. The molecule has 11 rings (SSSR count). The summed E-state index contributed by atoms with van der Waals surface area (Å²) in [7, 11) is 0. The molecule has 0 aliphatic heterocycles. The first-order chi connectivity index (χ1) is 27.5. The van der Waals surface area contributed by atoms with Gasteiger partial charge in [0.25, 0.3) is 0 Å². The molecule has 8 aromatic carbocycles. The van der Waals surface area contributed by atoms with Crippen LogP contribution in [0.2, 0.25) is 0 Å². The average Bonchev–Trinajstić information content (AvgIpc) is 3.72. The first-order valence-electron chi connectivity index (χ1n) is 19.3. The summed E-state index contributed by atoms with van der Waals surface area (Å²) >= 11 is 0. The van der Waals surface area contributed by atoms with Crippen LogP contribution < -0.4 is 0 Å². The molecule has 2 heterocycles. The molecule has 1 aliphatic carbocycles. The van der Waals surface area contributed by atoms with Gasteiger partial charge in [0.05, 0.1) is 22.4 Å². The van der Waals surface area contributed by atoms with Crippen molar-refractivity contribution in [1.82, 2.24) is 14.5 Å². The van der Waals surface area contributed by atoms with Crippen molar-refractivity contribution >= 4 is 32.6 Å². The smallest absolute Gasteiger partial charge is 0.160 e. The second-order valence-electron chi connectivity index (χ2n) is 15.3. The molecule has 0 radical (unpaired) electrons. The molecule has 0 saturated heterocycles. The van der Waals surface area contributed by atoms with Gasteiger partial charge in [-0.15, -0.1) is 0 Å². The van der Waals surface area contributed by atoms with Crippen LogP contribution in [0.4, 0.5) is 0 Å². The highest BCUT2D eigenvalue weighted by atomic mass is 15.0. The number of benzene rings is 8. The zero-order chi connectivity index (χ0) is 37.4. The molecule has 0 saturated carbocycles. The van der Waals surface area contributed by atoms with Gasteiger partial charge in [0.2, 0.25) is 0 Å². The van der Waals surface area contributed by atoms with E-state index in [2.05, 4.69) is 200 Å². The number of rotatable bonds is 5. The monoisotopic (exact) mass is 715 g/mol. The van der Waals surface area contributed by atoms with Crippen LogP contribution in [0.3, 0.4) is 0 Å². The maximum atomic E-state index is 5.30. The molecule has 0 unspecified atom stereocenters. The summed E-state index contributed by atoms with van der Waals surface area (Å²) in [4.78, 5) is 10.6. The summed E-state index contributed by atoms with van der Waals surface area (Å²) in [5.41, 5.74) is 16.1. The molecule has 2 aromatic heterocycles. The van der Waals surface area contributed by atoms with Gasteiger partial charge in [-0.25, -0.2) is 9.97 Å². The molecule has 3 heteroatoms. The summed E-state index contributed by atoms with van der Waals surface area (Å²) < 4.78 is 2.37. The van der Waals surface area contributed by atoms with Crippen molar-refractivity contribution in [3.05, 3.63) is 199 Å². The maximum Gasteiger partial charge on any atom is 0.160 e. The van der Waals surface area contributed by atoms with Gasteiger partial charge in [0, 0.05) is 38.6 Å². The van der Waals surface area contributed by atoms with Crippen LogP contribution >= 0.6 is 0 Å². The minimum Gasteiger partial charge on any atom is -0.309 e. The number of hydrogen-bond acceptors (Lipinski definition) is 2. The molecule has 0 N–H and O–H groups in total. The van der Waals surface area contributed by atoms with Crippen molar-refractivity contribution in [2.24, 2.45) is 0 Å². The molecule has 10 aromatic rings. The Morgan fingerprint density at radius 1 is 0.393 bits per heavy atom. The molecular weight excluding hydrogens is 679 g/mol. The van der Waals surface area contributed by atoms with Gasteiger partial charge >= 0.3 is 0 Å². The van der Waals surface area contributed by atoms with Crippen LogP contribution in [0, 0.1) is 0 Å². The Bertz CT molecular complexity index is 3100. The molecule has 0 fully saturated rings. The zero-order valence-corrected chi connectivity index (χ0v) is 31.2. The van der Waals surface area contributed by atoms with E-state index in [4.69, 9.17) is 9.97 Å². The molecule has 0 amide bonds. The van der Waals surface area contributed by atoms with Gasteiger partial charge in [0.15, 0.2) is 5.82 Å². The van der Waals surface area contributed by atoms with Gasteiger partial charge < -0.3 is 4.57 Å². The minimum atomic E-state index is -0.103. The third kappa shape index (κ3) is 4.91. The molecule has 0 atom stereocenters. The van der Waals surface area contributed by atoms with E-state index >= 15 is 0 Å². The average molecular weight is 716 g/mol. The minimum absolute atomic E-state index is 0.103. The summed E-state index contributed by atoms with van der Waals surface area (Å²) in [5.74, 6) is 0.718. The van der Waals surface area contributed by atoms with Crippen molar-refractivity contribution in [2.75, 3.05) is 0 Å². The number of para-hydroxylation sites is 2. The first-order valence-corrected chi connectivity index (χ1v) is 19.3. The van der Waals surface area contributed by atoms with E-state index in [0.29, 0.717) is 0 Å². The van der Waals surface area contributed by atoms with Crippen molar-refractivity contribution in [3.8, 4) is 61.8 Å². The fourth-order valence-corrected chi connectivity index (χ4v) is 9.17. The largest absolute Gasteiger partial charge is 0.309 e. The molecule has 264 valence electrons. The van der Waals surface area contributed by atoms with Gasteiger partial charge in [-0.1, -0.05) is 172 Å². The van der Waals surface area contributed by atoms with Crippen molar-refractivity contribution in [2.45, 2.75) is 19.3 Å². The highest BCUT2D eigenvalue weighted by Gasteiger charge is 2.36. The lowest BCUT2D eigenvalue weighted by Crippen LogP contribution is -2.14. The summed E-state index contributed by atoms with van der Waals surface area (Å²) in [6, 6.07) is 67.6. The van der Waals surface area contributed by atoms with E-state index in [0.717, 1.165) is 45.0 Å². The third-order valence-corrected chi connectivity index (χ3v) is 11.9. The lowest BCUT2D eigenvalue weighted by atomic mass is 9.82. The quantitative estimate of drug-likeness (QED) is 0.178. The van der Waals surface area contributed by atoms with Gasteiger partial charge in [0.1, 0.15) is 0 Å². The maximum absolute atomic E-state index is 5.30. The predicted octanol–water partition coefficient (Wildman–Crippen LogP) is 13.7. The lowest BCUT2D eigenvalue weighted by molar-refractivity contribution is 0.660. The lowest BCUT2D eigenvalue weighted by Gasteiger charge is -2.21. The van der Waals surface area contributed by atoms with Crippen LogP contribution in [0.5, 0.6) is 0 Å². The van der Waals surface area contributed by atoms with E-state index in [1.165, 1.54) is 60.6 Å². The van der Waals surface area contributed by atoms with Crippen LogP contribution in [0.1, 0.15) is 25.0 Å². The van der Waals surface area contributed by atoms with E-state index in [1.807, 2.05) is 6.07 Å². The van der Waals surface area contributed by atoms with Gasteiger partial charge in [-0.3, -0.25) is 0 Å². The van der Waals surface area contributed by atoms with Crippen LogP contribution in [-0.2, 0) is 5.41 Å². The number of aromatic nitrogens is 3. The highest BCUT2D eigenvalue weighted by Crippen LogP contribution is 2.52. The Labute approximate surface area is 326 Å². The number of hydrogen-bond donors (Lipinski definition) is 0. The zero-order valence-electron chi connectivity index (χ0n) is 31.2. The fourth-order valence-electron chi connectivity index (χ4n) is 9.17. The van der Waals surface area contributed by atoms with Crippen LogP contribution in [-0.4, -0.2) is 14.5 Å². The van der Waals surface area contributed by atoms with Crippen molar-refractivity contribution in [3.63, 3.8) is 0 Å². The molecule has 56 heavy (non-hydrogen) atoms. The van der Waals surface area contributed by atoms with Crippen molar-refractivity contribution < 1.29 is 0 Å². The Morgan fingerprint density at radius 2 is 0.929 bits per heavy atom. The van der Waals surface area contributed by atoms with E-state index in [-0.39, 0.29) is 5.41 Å². The molecule has 1 aliphatic rings. The summed E-state index contributed by atoms with van der Waals surface area (Å²) in [6.45, 7) is 4.65. The molecule has 0 bridgehead atoms. The SMILES string of the molecule is CC1(C)c2ccccc2-c2c(-c3cc(-c4ccc(-c5ccc(-n6c7ccccc7c7ccccc76)cc5)c5ccccc45)nc(-c4ccccc4)n3)cccc21. The topological polar surface area (TPSA) is 30.7 Å². The third-order valence-electron chi connectivity index (χ3n) is 11.9. The molecule has 0 spiro atoms. The van der Waals surface area contributed by atoms with E-state index < -0.39 is 0 Å². The summed E-state index contributed by atoms with van der Waals surface area (Å²) in [5, 5.41) is 4.88. The normalized spacial score (nSPS) is 13.0. The van der Waals surface area contributed by atoms with E-state index in [9.17, 15) is 0 Å².